The van der Waals surface area contributed by atoms with Crippen molar-refractivity contribution in [2.24, 2.45) is 5.92 Å². The van der Waals surface area contributed by atoms with Crippen molar-refractivity contribution in [3.8, 4) is 0 Å². The van der Waals surface area contributed by atoms with Crippen LogP contribution in [0.1, 0.15) is 25.8 Å². The highest BCUT2D eigenvalue weighted by molar-refractivity contribution is 5.54. The zero-order chi connectivity index (χ0) is 13.7. The molecule has 1 saturated heterocycles. The van der Waals surface area contributed by atoms with Gasteiger partial charge in [0.25, 0.3) is 0 Å². The topological polar surface area (TPSA) is 24.5 Å². The molecule has 0 amide bonds. The lowest BCUT2D eigenvalue weighted by Gasteiger charge is -2.28. The summed E-state index contributed by atoms with van der Waals surface area (Å²) in [6.07, 6.45) is 1.13. The van der Waals surface area contributed by atoms with Gasteiger partial charge in [0.15, 0.2) is 0 Å². The molecule has 19 heavy (non-hydrogen) atoms. The maximum atomic E-state index is 5.49. The highest BCUT2D eigenvalue weighted by Gasteiger charge is 2.21. The fourth-order valence-corrected chi connectivity index (χ4v) is 2.52. The van der Waals surface area contributed by atoms with Crippen molar-refractivity contribution < 1.29 is 4.74 Å². The van der Waals surface area contributed by atoms with E-state index in [0.717, 1.165) is 32.7 Å². The fraction of sp³-hybridized carbons (Fsp3) is 0.625. The van der Waals surface area contributed by atoms with Crippen molar-refractivity contribution in [3.05, 3.63) is 29.8 Å². The fourth-order valence-electron chi connectivity index (χ4n) is 2.52. The molecule has 106 valence electrons. The van der Waals surface area contributed by atoms with Crippen molar-refractivity contribution >= 4 is 5.69 Å². The van der Waals surface area contributed by atoms with Crippen LogP contribution >= 0.6 is 0 Å². The molecule has 1 N–H and O–H groups in total. The van der Waals surface area contributed by atoms with E-state index >= 15 is 0 Å². The molecule has 1 aliphatic heterocycles. The van der Waals surface area contributed by atoms with Crippen molar-refractivity contribution in [3.63, 3.8) is 0 Å². The minimum absolute atomic E-state index is 0.520. The van der Waals surface area contributed by atoms with Gasteiger partial charge in [-0.1, -0.05) is 32.0 Å². The van der Waals surface area contributed by atoms with Gasteiger partial charge in [0, 0.05) is 25.9 Å². The van der Waals surface area contributed by atoms with Crippen molar-refractivity contribution in [1.82, 2.24) is 5.32 Å². The number of para-hydroxylation sites is 1. The average Bonchev–Trinajstić information content (AvgIpc) is 2.92. The van der Waals surface area contributed by atoms with Crippen molar-refractivity contribution in [2.45, 2.75) is 32.9 Å². The Morgan fingerprint density at radius 3 is 2.84 bits per heavy atom. The molecule has 0 spiro atoms. The molecule has 1 unspecified atom stereocenters. The number of ether oxygens (including phenoxy) is 1. The van der Waals surface area contributed by atoms with E-state index in [-0.39, 0.29) is 0 Å². The van der Waals surface area contributed by atoms with Crippen molar-refractivity contribution in [1.29, 1.82) is 0 Å². The standard InChI is InChI=1S/C16H26N2O/c1-13(2)10-17-11-14-6-4-5-7-16(14)18(3)15-8-9-19-12-15/h4-7,13,15,17H,8-12H2,1-3H3. The Labute approximate surface area is 116 Å². The Morgan fingerprint density at radius 2 is 2.16 bits per heavy atom. The number of hydrogen-bond donors (Lipinski definition) is 1. The quantitative estimate of drug-likeness (QED) is 0.853. The third-order valence-electron chi connectivity index (χ3n) is 3.69. The van der Waals surface area contributed by atoms with Gasteiger partial charge in [0.1, 0.15) is 0 Å². The number of rotatable bonds is 6. The molecule has 0 bridgehead atoms. The summed E-state index contributed by atoms with van der Waals surface area (Å²) in [7, 11) is 2.18. The number of likely N-dealkylation sites (N-methyl/N-ethyl adjacent to an activating group) is 1. The molecule has 2 rings (SSSR count). The third kappa shape index (κ3) is 3.95. The first-order valence-corrected chi connectivity index (χ1v) is 7.27. The minimum Gasteiger partial charge on any atom is -0.379 e. The SMILES string of the molecule is CC(C)CNCc1ccccc1N(C)C1CCOC1. The van der Waals surface area contributed by atoms with Crippen LogP contribution in [0.2, 0.25) is 0 Å². The van der Waals surface area contributed by atoms with Crippen LogP contribution in [0.5, 0.6) is 0 Å². The molecule has 0 aromatic heterocycles. The van der Waals surface area contributed by atoms with Crippen LogP contribution in [0.4, 0.5) is 5.69 Å². The first-order valence-electron chi connectivity index (χ1n) is 7.27. The second kappa shape index (κ2) is 6.92. The molecular weight excluding hydrogens is 236 g/mol. The van der Waals surface area contributed by atoms with E-state index in [1.165, 1.54) is 11.3 Å². The van der Waals surface area contributed by atoms with E-state index in [1.807, 2.05) is 0 Å². The van der Waals surface area contributed by atoms with E-state index in [4.69, 9.17) is 4.74 Å². The van der Waals surface area contributed by atoms with E-state index in [0.29, 0.717) is 12.0 Å². The van der Waals surface area contributed by atoms with Crippen LogP contribution in [0.25, 0.3) is 0 Å². The van der Waals surface area contributed by atoms with Gasteiger partial charge in [-0.15, -0.1) is 0 Å². The van der Waals surface area contributed by atoms with Crippen LogP contribution in [0.15, 0.2) is 24.3 Å². The predicted octanol–water partition coefficient (Wildman–Crippen LogP) is 2.66. The normalized spacial score (nSPS) is 19.1. The lowest BCUT2D eigenvalue weighted by atomic mass is 10.1. The molecule has 0 radical (unpaired) electrons. The van der Waals surface area contributed by atoms with E-state index in [9.17, 15) is 0 Å². The smallest absolute Gasteiger partial charge is 0.0670 e. The second-order valence-electron chi connectivity index (χ2n) is 5.78. The summed E-state index contributed by atoms with van der Waals surface area (Å²) in [6.45, 7) is 8.21. The molecule has 3 heteroatoms. The van der Waals surface area contributed by atoms with Crippen LogP contribution in [0, 0.1) is 5.92 Å². The summed E-state index contributed by atoms with van der Waals surface area (Å²) in [4.78, 5) is 2.37. The summed E-state index contributed by atoms with van der Waals surface area (Å²) in [5.74, 6) is 0.688. The van der Waals surface area contributed by atoms with Crippen LogP contribution < -0.4 is 10.2 Å². The molecule has 1 aliphatic rings. The summed E-state index contributed by atoms with van der Waals surface area (Å²) in [5.41, 5.74) is 2.70. The maximum Gasteiger partial charge on any atom is 0.0670 e. The predicted molar refractivity (Wildman–Crippen MR) is 80.6 cm³/mol. The zero-order valence-corrected chi connectivity index (χ0v) is 12.4. The first-order chi connectivity index (χ1) is 9.18. The summed E-state index contributed by atoms with van der Waals surface area (Å²) < 4.78 is 5.49. The Hall–Kier alpha value is -1.06. The first kappa shape index (κ1) is 14.4. The summed E-state index contributed by atoms with van der Waals surface area (Å²) in [5, 5.41) is 3.53. The van der Waals surface area contributed by atoms with Gasteiger partial charge in [-0.05, 0) is 30.5 Å². The van der Waals surface area contributed by atoms with Crippen LogP contribution in [-0.4, -0.2) is 32.8 Å². The second-order valence-corrected chi connectivity index (χ2v) is 5.78. The molecule has 0 saturated carbocycles. The number of anilines is 1. The Bertz CT molecular complexity index is 386. The van der Waals surface area contributed by atoms with Crippen LogP contribution in [0.3, 0.4) is 0 Å². The number of nitrogens with one attached hydrogen (secondary N) is 1. The van der Waals surface area contributed by atoms with Gasteiger partial charge >= 0.3 is 0 Å². The molecule has 3 nitrogen and oxygen atoms in total. The van der Waals surface area contributed by atoms with E-state index in [2.05, 4.69) is 55.4 Å². The highest BCUT2D eigenvalue weighted by atomic mass is 16.5. The molecule has 0 aliphatic carbocycles. The van der Waals surface area contributed by atoms with Gasteiger partial charge in [0.2, 0.25) is 0 Å². The van der Waals surface area contributed by atoms with Crippen molar-refractivity contribution in [2.75, 3.05) is 31.7 Å². The number of benzene rings is 1. The molecule has 1 fully saturated rings. The molecule has 1 atom stereocenters. The summed E-state index contributed by atoms with van der Waals surface area (Å²) >= 11 is 0. The lowest BCUT2D eigenvalue weighted by molar-refractivity contribution is 0.193. The van der Waals surface area contributed by atoms with Gasteiger partial charge in [0.05, 0.1) is 12.6 Å². The Balaban J connectivity index is 2.02. The maximum absolute atomic E-state index is 5.49. The van der Waals surface area contributed by atoms with Gasteiger partial charge in [-0.25, -0.2) is 0 Å². The lowest BCUT2D eigenvalue weighted by Crippen LogP contribution is -2.33. The molecule has 1 heterocycles. The minimum atomic E-state index is 0.520. The third-order valence-corrected chi connectivity index (χ3v) is 3.69. The molecule has 1 aromatic carbocycles. The average molecular weight is 262 g/mol. The molecular formula is C16H26N2O. The van der Waals surface area contributed by atoms with Gasteiger partial charge < -0.3 is 15.0 Å². The number of hydrogen-bond acceptors (Lipinski definition) is 3. The van der Waals surface area contributed by atoms with E-state index in [1.54, 1.807) is 0 Å². The van der Waals surface area contributed by atoms with E-state index < -0.39 is 0 Å². The zero-order valence-electron chi connectivity index (χ0n) is 12.4. The van der Waals surface area contributed by atoms with Crippen LogP contribution in [-0.2, 0) is 11.3 Å². The summed E-state index contributed by atoms with van der Waals surface area (Å²) in [6, 6.07) is 9.19. The largest absolute Gasteiger partial charge is 0.379 e. The monoisotopic (exact) mass is 262 g/mol. The Morgan fingerprint density at radius 1 is 1.37 bits per heavy atom. The highest BCUT2D eigenvalue weighted by Crippen LogP contribution is 2.24. The number of nitrogens with zero attached hydrogens (tertiary/aromatic N) is 1. The van der Waals surface area contributed by atoms with Gasteiger partial charge in [-0.2, -0.15) is 0 Å². The Kier molecular flexibility index (Phi) is 5.23. The van der Waals surface area contributed by atoms with Gasteiger partial charge in [-0.3, -0.25) is 0 Å². The molecule has 1 aromatic rings.